The normalized spacial score (nSPS) is 10.3. The van der Waals surface area contributed by atoms with Crippen LogP contribution in [0.5, 0.6) is 0 Å². The largest absolute Gasteiger partial charge is 0.234 e. The average molecular weight is 219 g/mol. The molecule has 0 heterocycles. The molecule has 0 aliphatic carbocycles. The summed E-state index contributed by atoms with van der Waals surface area (Å²) in [5, 5.41) is 0. The van der Waals surface area contributed by atoms with Gasteiger partial charge in [0.1, 0.15) is 0 Å². The van der Waals surface area contributed by atoms with Crippen molar-refractivity contribution in [1.29, 1.82) is 0 Å². The fourth-order valence-electron chi connectivity index (χ4n) is 1.47. The van der Waals surface area contributed by atoms with Crippen molar-refractivity contribution in [3.63, 3.8) is 0 Å². The molecule has 0 aromatic carbocycles. The molecule has 0 amide bonds. The zero-order valence-corrected chi connectivity index (χ0v) is 9.90. The first kappa shape index (κ1) is 14.6. The fourth-order valence-corrected chi connectivity index (χ4v) is 1.47. The number of carbonyl (C=O) groups excluding carboxylic acids is 1. The third-order valence-electron chi connectivity index (χ3n) is 2.30. The van der Waals surface area contributed by atoms with Crippen molar-refractivity contribution in [1.82, 2.24) is 0 Å². The van der Waals surface area contributed by atoms with E-state index in [1.54, 1.807) is 6.08 Å². The molecule has 2 nitrogen and oxygen atoms in total. The second-order valence-corrected chi connectivity index (χ2v) is 3.71. The maximum absolute atomic E-state index is 9.80. The van der Waals surface area contributed by atoms with Crippen molar-refractivity contribution in [3.05, 3.63) is 37.5 Å². The Labute approximate surface area is 98.5 Å². The van der Waals surface area contributed by atoms with E-state index in [2.05, 4.69) is 30.3 Å². The van der Waals surface area contributed by atoms with Crippen LogP contribution >= 0.6 is 0 Å². The predicted molar refractivity (Wildman–Crippen MR) is 69.1 cm³/mol. The fraction of sp³-hybridized carbons (Fsp3) is 0.500. The molecule has 0 fully saturated rings. The molecule has 0 bridgehead atoms. The molecule has 88 valence electrons. The van der Waals surface area contributed by atoms with Gasteiger partial charge < -0.3 is 0 Å². The van der Waals surface area contributed by atoms with Crippen LogP contribution in [0.1, 0.15) is 32.1 Å². The Morgan fingerprint density at radius 3 is 2.44 bits per heavy atom. The number of unbranched alkanes of at least 4 members (excludes halogenated alkanes) is 2. The SMILES string of the molecule is C=CCC(C=CCCCCN=C=O)CC=C. The number of hydrogen-bond acceptors (Lipinski definition) is 2. The maximum Gasteiger partial charge on any atom is 0.234 e. The lowest BCUT2D eigenvalue weighted by molar-refractivity contribution is 0.562. The smallest absolute Gasteiger partial charge is 0.211 e. The zero-order chi connectivity index (χ0) is 12.1. The summed E-state index contributed by atoms with van der Waals surface area (Å²) in [7, 11) is 0. The summed E-state index contributed by atoms with van der Waals surface area (Å²) < 4.78 is 0. The highest BCUT2D eigenvalue weighted by atomic mass is 16.1. The first-order valence-corrected chi connectivity index (χ1v) is 5.77. The molecule has 16 heavy (non-hydrogen) atoms. The van der Waals surface area contributed by atoms with E-state index >= 15 is 0 Å². The minimum atomic E-state index is 0.531. The zero-order valence-electron chi connectivity index (χ0n) is 9.90. The Hall–Kier alpha value is -1.40. The molecule has 2 heteroatoms. The number of rotatable bonds is 10. The van der Waals surface area contributed by atoms with E-state index in [1.165, 1.54) is 0 Å². The van der Waals surface area contributed by atoms with Crippen molar-refractivity contribution < 1.29 is 4.79 Å². The molecule has 0 aliphatic heterocycles. The van der Waals surface area contributed by atoms with E-state index in [-0.39, 0.29) is 0 Å². The van der Waals surface area contributed by atoms with Gasteiger partial charge in [-0.05, 0) is 38.0 Å². The van der Waals surface area contributed by atoms with Crippen LogP contribution < -0.4 is 0 Å². The minimum Gasteiger partial charge on any atom is -0.211 e. The molecule has 0 saturated carbocycles. The van der Waals surface area contributed by atoms with Crippen LogP contribution in [-0.2, 0) is 4.79 Å². The van der Waals surface area contributed by atoms with Gasteiger partial charge in [-0.2, -0.15) is 0 Å². The Balaban J connectivity index is 3.65. The first-order chi connectivity index (χ1) is 7.85. The summed E-state index contributed by atoms with van der Waals surface area (Å²) >= 11 is 0. The number of nitrogens with zero attached hydrogens (tertiary/aromatic N) is 1. The summed E-state index contributed by atoms with van der Waals surface area (Å²) in [5.74, 6) is 0.531. The summed E-state index contributed by atoms with van der Waals surface area (Å²) in [6, 6.07) is 0. The molecule has 0 aromatic rings. The summed E-state index contributed by atoms with van der Waals surface area (Å²) in [4.78, 5) is 13.3. The quantitative estimate of drug-likeness (QED) is 0.238. The highest BCUT2D eigenvalue weighted by molar-refractivity contribution is 5.32. The van der Waals surface area contributed by atoms with E-state index in [1.807, 2.05) is 12.2 Å². The van der Waals surface area contributed by atoms with E-state index in [4.69, 9.17) is 0 Å². The van der Waals surface area contributed by atoms with Crippen LogP contribution in [-0.4, -0.2) is 12.6 Å². The van der Waals surface area contributed by atoms with Crippen molar-refractivity contribution in [2.24, 2.45) is 10.9 Å². The lowest BCUT2D eigenvalue weighted by Crippen LogP contribution is -1.92. The molecule has 0 unspecified atom stereocenters. The van der Waals surface area contributed by atoms with E-state index in [0.29, 0.717) is 12.5 Å². The molecule has 0 spiro atoms. The van der Waals surface area contributed by atoms with Crippen LogP contribution in [0.3, 0.4) is 0 Å². The predicted octanol–water partition coefficient (Wildman–Crippen LogP) is 3.82. The second-order valence-electron chi connectivity index (χ2n) is 3.71. The highest BCUT2D eigenvalue weighted by Crippen LogP contribution is 2.12. The molecule has 0 saturated heterocycles. The standard InChI is InChI=1S/C14H21NO/c1-3-9-14(10-4-2)11-7-5-6-8-12-15-13-16/h3-4,7,11,14H,1-2,5-6,8-10,12H2. The molecule has 0 rings (SSSR count). The number of hydrogen-bond donors (Lipinski definition) is 0. The van der Waals surface area contributed by atoms with Crippen molar-refractivity contribution >= 4 is 6.08 Å². The molecular formula is C14H21NO. The molecule has 0 atom stereocenters. The van der Waals surface area contributed by atoms with Gasteiger partial charge in [-0.3, -0.25) is 0 Å². The van der Waals surface area contributed by atoms with E-state index in [9.17, 15) is 4.79 Å². The van der Waals surface area contributed by atoms with E-state index in [0.717, 1.165) is 32.1 Å². The van der Waals surface area contributed by atoms with Gasteiger partial charge in [0.05, 0.1) is 6.54 Å². The second kappa shape index (κ2) is 11.7. The van der Waals surface area contributed by atoms with Gasteiger partial charge in [-0.25, -0.2) is 9.79 Å². The number of aliphatic imine (C=N–C) groups is 1. The lowest BCUT2D eigenvalue weighted by atomic mass is 10.0. The molecule has 0 aromatic heterocycles. The van der Waals surface area contributed by atoms with Gasteiger partial charge in [0.2, 0.25) is 6.08 Å². The topological polar surface area (TPSA) is 29.4 Å². The van der Waals surface area contributed by atoms with Crippen LogP contribution in [0.2, 0.25) is 0 Å². The van der Waals surface area contributed by atoms with Crippen molar-refractivity contribution in [2.45, 2.75) is 32.1 Å². The van der Waals surface area contributed by atoms with Gasteiger partial charge in [-0.1, -0.05) is 24.3 Å². The third kappa shape index (κ3) is 9.17. The molecular weight excluding hydrogens is 198 g/mol. The maximum atomic E-state index is 9.80. The van der Waals surface area contributed by atoms with Gasteiger partial charge >= 0.3 is 0 Å². The number of isocyanates is 1. The lowest BCUT2D eigenvalue weighted by Gasteiger charge is -2.05. The van der Waals surface area contributed by atoms with E-state index < -0.39 is 0 Å². The van der Waals surface area contributed by atoms with Gasteiger partial charge in [0, 0.05) is 0 Å². The minimum absolute atomic E-state index is 0.531. The highest BCUT2D eigenvalue weighted by Gasteiger charge is 1.98. The van der Waals surface area contributed by atoms with Crippen molar-refractivity contribution in [3.8, 4) is 0 Å². The third-order valence-corrected chi connectivity index (χ3v) is 2.30. The van der Waals surface area contributed by atoms with Crippen molar-refractivity contribution in [2.75, 3.05) is 6.54 Å². The Bertz CT molecular complexity index is 252. The Morgan fingerprint density at radius 1 is 1.19 bits per heavy atom. The van der Waals surface area contributed by atoms with Gasteiger partial charge in [0.15, 0.2) is 0 Å². The summed E-state index contributed by atoms with van der Waals surface area (Å²) in [6.07, 6.45) is 14.9. The molecule has 0 N–H and O–H groups in total. The Morgan fingerprint density at radius 2 is 1.88 bits per heavy atom. The summed E-state index contributed by atoms with van der Waals surface area (Å²) in [5.41, 5.74) is 0. The first-order valence-electron chi connectivity index (χ1n) is 5.77. The van der Waals surface area contributed by atoms with Crippen LogP contribution in [0.15, 0.2) is 42.5 Å². The van der Waals surface area contributed by atoms with Gasteiger partial charge in [0.25, 0.3) is 0 Å². The van der Waals surface area contributed by atoms with Crippen LogP contribution in [0, 0.1) is 5.92 Å². The molecule has 0 aliphatic rings. The summed E-state index contributed by atoms with van der Waals surface area (Å²) in [6.45, 7) is 8.08. The van der Waals surface area contributed by atoms with Crippen LogP contribution in [0.25, 0.3) is 0 Å². The average Bonchev–Trinajstić information content (AvgIpc) is 2.28. The monoisotopic (exact) mass is 219 g/mol. The van der Waals surface area contributed by atoms with Crippen LogP contribution in [0.4, 0.5) is 0 Å². The van der Waals surface area contributed by atoms with Gasteiger partial charge in [-0.15, -0.1) is 13.2 Å². The Kier molecular flexibility index (Phi) is 10.7. The molecule has 0 radical (unpaired) electrons. The number of allylic oxidation sites excluding steroid dienone is 4.